The summed E-state index contributed by atoms with van der Waals surface area (Å²) in [7, 11) is 0. The quantitative estimate of drug-likeness (QED) is 0.863. The Morgan fingerprint density at radius 2 is 2.30 bits per heavy atom. The highest BCUT2D eigenvalue weighted by molar-refractivity contribution is 5.78. The zero-order valence-electron chi connectivity index (χ0n) is 13.3. The molecule has 23 heavy (non-hydrogen) atoms. The fourth-order valence-corrected chi connectivity index (χ4v) is 3.93. The van der Waals surface area contributed by atoms with Crippen molar-refractivity contribution in [2.75, 3.05) is 26.4 Å². The summed E-state index contributed by atoms with van der Waals surface area (Å²) in [4.78, 5) is 14.4. The van der Waals surface area contributed by atoms with Gasteiger partial charge in [-0.2, -0.15) is 0 Å². The molecule has 1 aromatic rings. The second-order valence-corrected chi connectivity index (χ2v) is 6.16. The van der Waals surface area contributed by atoms with Crippen LogP contribution in [-0.2, 0) is 9.47 Å². The summed E-state index contributed by atoms with van der Waals surface area (Å²) in [6.45, 7) is 4.27. The predicted octanol–water partition coefficient (Wildman–Crippen LogP) is 2.06. The lowest BCUT2D eigenvalue weighted by molar-refractivity contribution is -0.225. The van der Waals surface area contributed by atoms with Gasteiger partial charge in [0, 0.05) is 31.7 Å². The number of hydrogen-bond acceptors (Lipinski definition) is 4. The van der Waals surface area contributed by atoms with Crippen molar-refractivity contribution in [2.45, 2.75) is 37.6 Å². The topological polar surface area (TPSA) is 60.0 Å². The molecule has 6 heteroatoms. The van der Waals surface area contributed by atoms with E-state index in [2.05, 4.69) is 5.32 Å². The lowest BCUT2D eigenvalue weighted by Crippen LogP contribution is -2.75. The molecule has 3 atom stereocenters. The first-order valence-corrected chi connectivity index (χ1v) is 8.31. The highest BCUT2D eigenvalue weighted by Gasteiger charge is 2.60. The third-order valence-corrected chi connectivity index (χ3v) is 4.91. The molecule has 1 aromatic carbocycles. The molecule has 2 amide bonds. The van der Waals surface area contributed by atoms with E-state index < -0.39 is 5.72 Å². The first-order chi connectivity index (χ1) is 11.3. The van der Waals surface area contributed by atoms with Crippen molar-refractivity contribution in [1.82, 2.24) is 10.2 Å². The molecule has 4 rings (SSSR count). The molecule has 2 fully saturated rings. The van der Waals surface area contributed by atoms with Gasteiger partial charge in [-0.3, -0.25) is 4.90 Å². The molecule has 2 bridgehead atoms. The number of ether oxygens (including phenoxy) is 3. The highest BCUT2D eigenvalue weighted by Crippen LogP contribution is 2.49. The molecule has 0 aromatic heterocycles. The number of para-hydroxylation sites is 1. The normalized spacial score (nSPS) is 31.7. The number of rotatable bonds is 4. The van der Waals surface area contributed by atoms with Crippen LogP contribution in [0.1, 0.15) is 31.4 Å². The molecule has 0 saturated carbocycles. The van der Waals surface area contributed by atoms with Gasteiger partial charge < -0.3 is 19.5 Å². The zero-order valence-corrected chi connectivity index (χ0v) is 13.3. The predicted molar refractivity (Wildman–Crippen MR) is 83.2 cm³/mol. The van der Waals surface area contributed by atoms with Gasteiger partial charge in [0.15, 0.2) is 0 Å². The van der Waals surface area contributed by atoms with Crippen LogP contribution in [0.15, 0.2) is 24.3 Å². The van der Waals surface area contributed by atoms with Gasteiger partial charge >= 0.3 is 6.03 Å². The minimum Gasteiger partial charge on any atom is -0.465 e. The van der Waals surface area contributed by atoms with Gasteiger partial charge in [-0.25, -0.2) is 4.79 Å². The number of benzene rings is 1. The Morgan fingerprint density at radius 1 is 1.43 bits per heavy atom. The maximum atomic E-state index is 12.7. The first kappa shape index (κ1) is 14.8. The molecule has 124 valence electrons. The van der Waals surface area contributed by atoms with E-state index in [-0.39, 0.29) is 18.2 Å². The Kier molecular flexibility index (Phi) is 3.66. The number of carbonyl (C=O) groups excluding carboxylic acids is 1. The summed E-state index contributed by atoms with van der Waals surface area (Å²) in [5, 5.41) is 3.10. The Balaban J connectivity index is 1.73. The van der Waals surface area contributed by atoms with Crippen LogP contribution in [0.2, 0.25) is 0 Å². The fraction of sp³-hybridized carbons (Fsp3) is 0.588. The van der Waals surface area contributed by atoms with Gasteiger partial charge in [0.25, 0.3) is 0 Å². The summed E-state index contributed by atoms with van der Waals surface area (Å²) < 4.78 is 17.9. The maximum absolute atomic E-state index is 12.7. The van der Waals surface area contributed by atoms with E-state index >= 15 is 0 Å². The van der Waals surface area contributed by atoms with Crippen LogP contribution >= 0.6 is 0 Å². The van der Waals surface area contributed by atoms with Crippen LogP contribution < -0.4 is 10.1 Å². The van der Waals surface area contributed by atoms with Crippen molar-refractivity contribution in [3.05, 3.63) is 29.8 Å². The number of fused-ring (bicyclic) bond motifs is 2. The third-order valence-electron chi connectivity index (χ3n) is 4.91. The van der Waals surface area contributed by atoms with E-state index in [0.29, 0.717) is 26.4 Å². The number of hydrogen-bond donors (Lipinski definition) is 1. The standard InChI is InChI=1S/C17H22N2O4/c1-2-21-11-9-19-16(20)18-14-12-6-3-4-7-13(12)23-17(19)8-5-10-22-15(14)17/h3-4,6-7,14-15H,2,5,8-11H2,1H3,(H,18,20). The molecule has 0 radical (unpaired) electrons. The number of urea groups is 1. The van der Waals surface area contributed by atoms with E-state index in [9.17, 15) is 4.79 Å². The van der Waals surface area contributed by atoms with Crippen molar-refractivity contribution in [1.29, 1.82) is 0 Å². The van der Waals surface area contributed by atoms with Gasteiger partial charge in [0.2, 0.25) is 5.72 Å². The fourth-order valence-electron chi connectivity index (χ4n) is 3.93. The Hall–Kier alpha value is -1.79. The lowest BCUT2D eigenvalue weighted by Gasteiger charge is -2.58. The van der Waals surface area contributed by atoms with Crippen molar-refractivity contribution in [3.63, 3.8) is 0 Å². The van der Waals surface area contributed by atoms with E-state index in [4.69, 9.17) is 14.2 Å². The average Bonchev–Trinajstić information content (AvgIpc) is 2.57. The van der Waals surface area contributed by atoms with Crippen molar-refractivity contribution >= 4 is 6.03 Å². The minimum atomic E-state index is -0.725. The van der Waals surface area contributed by atoms with Crippen LogP contribution in [0.4, 0.5) is 4.79 Å². The highest BCUT2D eigenvalue weighted by atomic mass is 16.6. The molecule has 3 aliphatic rings. The first-order valence-electron chi connectivity index (χ1n) is 8.31. The minimum absolute atomic E-state index is 0.106. The van der Waals surface area contributed by atoms with Crippen molar-refractivity contribution in [3.8, 4) is 5.75 Å². The van der Waals surface area contributed by atoms with E-state index in [1.54, 1.807) is 4.90 Å². The second-order valence-electron chi connectivity index (χ2n) is 6.16. The summed E-state index contributed by atoms with van der Waals surface area (Å²) in [6, 6.07) is 7.63. The van der Waals surface area contributed by atoms with Gasteiger partial charge in [0.05, 0.1) is 12.6 Å². The summed E-state index contributed by atoms with van der Waals surface area (Å²) in [5.41, 5.74) is 0.268. The maximum Gasteiger partial charge on any atom is 0.321 e. The summed E-state index contributed by atoms with van der Waals surface area (Å²) in [5.74, 6) is 0.834. The second kappa shape index (κ2) is 5.69. The van der Waals surface area contributed by atoms with Crippen LogP contribution in [0.5, 0.6) is 5.75 Å². The molecule has 0 spiro atoms. The number of carbonyl (C=O) groups is 1. The molecule has 2 saturated heterocycles. The van der Waals surface area contributed by atoms with Crippen LogP contribution in [0, 0.1) is 0 Å². The van der Waals surface area contributed by atoms with Crippen LogP contribution in [0.3, 0.4) is 0 Å². The van der Waals surface area contributed by atoms with Crippen molar-refractivity contribution < 1.29 is 19.0 Å². The number of amides is 2. The molecular formula is C17H22N2O4. The van der Waals surface area contributed by atoms with Crippen molar-refractivity contribution in [2.24, 2.45) is 0 Å². The van der Waals surface area contributed by atoms with Crippen LogP contribution in [-0.4, -0.2) is 49.1 Å². The lowest BCUT2D eigenvalue weighted by atomic mass is 9.82. The van der Waals surface area contributed by atoms with Gasteiger partial charge in [-0.05, 0) is 19.4 Å². The summed E-state index contributed by atoms with van der Waals surface area (Å²) in [6.07, 6.45) is 1.47. The SMILES string of the molecule is CCOCCN1C(=O)NC2c3ccccc3OC13CCCOC23. The van der Waals surface area contributed by atoms with E-state index in [1.165, 1.54) is 0 Å². The smallest absolute Gasteiger partial charge is 0.321 e. The molecule has 3 heterocycles. The molecule has 6 nitrogen and oxygen atoms in total. The summed E-state index contributed by atoms with van der Waals surface area (Å²) >= 11 is 0. The molecule has 1 N–H and O–H groups in total. The monoisotopic (exact) mass is 318 g/mol. The van der Waals surface area contributed by atoms with Gasteiger partial charge in [-0.1, -0.05) is 18.2 Å². The molecule has 3 aliphatic heterocycles. The largest absolute Gasteiger partial charge is 0.465 e. The Bertz CT molecular complexity index is 608. The van der Waals surface area contributed by atoms with E-state index in [0.717, 1.165) is 24.2 Å². The number of nitrogens with zero attached hydrogens (tertiary/aromatic N) is 1. The molecule has 3 unspecified atom stereocenters. The Labute approximate surface area is 135 Å². The van der Waals surface area contributed by atoms with Gasteiger partial charge in [0.1, 0.15) is 11.9 Å². The Morgan fingerprint density at radius 3 is 3.17 bits per heavy atom. The average molecular weight is 318 g/mol. The third kappa shape index (κ3) is 2.20. The zero-order chi connectivity index (χ0) is 15.9. The molecule has 0 aliphatic carbocycles. The van der Waals surface area contributed by atoms with Crippen LogP contribution in [0.25, 0.3) is 0 Å². The van der Waals surface area contributed by atoms with E-state index in [1.807, 2.05) is 31.2 Å². The number of nitrogens with one attached hydrogen (secondary N) is 1. The van der Waals surface area contributed by atoms with Gasteiger partial charge in [-0.15, -0.1) is 0 Å². The molecular weight excluding hydrogens is 296 g/mol.